The number of nitrogens with one attached hydrogen (secondary N) is 2. The molecule has 2 aliphatic rings. The lowest BCUT2D eigenvalue weighted by molar-refractivity contribution is 0.0936. The molecule has 2 N–H and O–H groups in total. The molecule has 162 valence electrons. The van der Waals surface area contributed by atoms with E-state index in [-0.39, 0.29) is 30.1 Å². The van der Waals surface area contributed by atoms with E-state index in [9.17, 15) is 0 Å². The summed E-state index contributed by atoms with van der Waals surface area (Å²) in [6, 6.07) is 16.2. The first-order valence-electron chi connectivity index (χ1n) is 10.0. The van der Waals surface area contributed by atoms with Crippen LogP contribution in [0, 0.1) is 0 Å². The standard InChI is InChI=1S/C22H28N4O3.HI/c1-23-22(24-13-17-15-28-20-9-5-6-10-21(20)29-17)25-16-11-12-26(14-16)18-7-3-4-8-19(18)27-2;/h3-10,16-17H,11-15H2,1-2H3,(H2,23,24,25);1H. The molecule has 4 rings (SSSR count). The van der Waals surface area contributed by atoms with Gasteiger partial charge in [0.1, 0.15) is 18.5 Å². The van der Waals surface area contributed by atoms with Crippen molar-refractivity contribution < 1.29 is 14.2 Å². The van der Waals surface area contributed by atoms with Crippen molar-refractivity contribution in [2.24, 2.45) is 4.99 Å². The van der Waals surface area contributed by atoms with Crippen LogP contribution >= 0.6 is 24.0 Å². The van der Waals surface area contributed by atoms with Crippen LogP contribution in [0.2, 0.25) is 0 Å². The van der Waals surface area contributed by atoms with Crippen LogP contribution in [-0.2, 0) is 0 Å². The summed E-state index contributed by atoms with van der Waals surface area (Å²) in [5, 5.41) is 6.89. The summed E-state index contributed by atoms with van der Waals surface area (Å²) >= 11 is 0. The summed E-state index contributed by atoms with van der Waals surface area (Å²) in [4.78, 5) is 6.71. The van der Waals surface area contributed by atoms with Gasteiger partial charge in [-0.25, -0.2) is 0 Å². The maximum Gasteiger partial charge on any atom is 0.191 e. The Hall–Kier alpha value is -2.36. The zero-order chi connectivity index (χ0) is 20.1. The quantitative estimate of drug-likeness (QED) is 0.357. The van der Waals surface area contributed by atoms with Crippen molar-refractivity contribution in [2.75, 3.05) is 45.3 Å². The summed E-state index contributed by atoms with van der Waals surface area (Å²) in [7, 11) is 3.50. The number of guanidine groups is 1. The van der Waals surface area contributed by atoms with Gasteiger partial charge in [-0.15, -0.1) is 24.0 Å². The molecule has 0 aliphatic carbocycles. The topological polar surface area (TPSA) is 67.4 Å². The molecule has 2 aromatic carbocycles. The van der Waals surface area contributed by atoms with Crippen molar-refractivity contribution in [1.29, 1.82) is 0 Å². The van der Waals surface area contributed by atoms with Crippen LogP contribution in [-0.4, -0.2) is 58.5 Å². The fourth-order valence-electron chi connectivity index (χ4n) is 3.75. The first kappa shape index (κ1) is 22.3. The van der Waals surface area contributed by atoms with E-state index >= 15 is 0 Å². The molecule has 0 aromatic heterocycles. The number of para-hydroxylation sites is 4. The second-order valence-corrected chi connectivity index (χ2v) is 7.20. The van der Waals surface area contributed by atoms with Gasteiger partial charge in [0.25, 0.3) is 0 Å². The number of hydrogen-bond acceptors (Lipinski definition) is 5. The summed E-state index contributed by atoms with van der Waals surface area (Å²) in [5.41, 5.74) is 1.13. The van der Waals surface area contributed by atoms with Crippen molar-refractivity contribution in [3.63, 3.8) is 0 Å². The van der Waals surface area contributed by atoms with Crippen LogP contribution in [0.4, 0.5) is 5.69 Å². The lowest BCUT2D eigenvalue weighted by Crippen LogP contribution is -2.48. The van der Waals surface area contributed by atoms with Gasteiger partial charge in [0.2, 0.25) is 0 Å². The van der Waals surface area contributed by atoms with Crippen molar-refractivity contribution >= 4 is 35.6 Å². The Balaban J connectivity index is 0.00000256. The summed E-state index contributed by atoms with van der Waals surface area (Å²) in [6.07, 6.45) is 0.979. The number of fused-ring (bicyclic) bond motifs is 1. The molecule has 0 radical (unpaired) electrons. The van der Waals surface area contributed by atoms with E-state index in [4.69, 9.17) is 14.2 Å². The molecule has 7 nitrogen and oxygen atoms in total. The molecular weight excluding hydrogens is 495 g/mol. The van der Waals surface area contributed by atoms with Gasteiger partial charge in [0.15, 0.2) is 17.5 Å². The second kappa shape index (κ2) is 10.6. The van der Waals surface area contributed by atoms with Crippen molar-refractivity contribution in [1.82, 2.24) is 10.6 Å². The molecule has 2 atom stereocenters. The van der Waals surface area contributed by atoms with Crippen molar-refractivity contribution in [3.8, 4) is 17.2 Å². The fraction of sp³-hybridized carbons (Fsp3) is 0.409. The van der Waals surface area contributed by atoms with Gasteiger partial charge in [-0.1, -0.05) is 24.3 Å². The Labute approximate surface area is 194 Å². The van der Waals surface area contributed by atoms with Crippen LogP contribution < -0.4 is 29.7 Å². The number of anilines is 1. The third-order valence-electron chi connectivity index (χ3n) is 5.24. The zero-order valence-electron chi connectivity index (χ0n) is 17.3. The average Bonchev–Trinajstić information content (AvgIpc) is 3.24. The highest BCUT2D eigenvalue weighted by molar-refractivity contribution is 14.0. The molecule has 2 aromatic rings. The van der Waals surface area contributed by atoms with Crippen LogP contribution in [0.25, 0.3) is 0 Å². The van der Waals surface area contributed by atoms with E-state index in [1.807, 2.05) is 42.5 Å². The number of halogens is 1. The Morgan fingerprint density at radius 2 is 1.93 bits per heavy atom. The van der Waals surface area contributed by atoms with Crippen LogP contribution in [0.3, 0.4) is 0 Å². The van der Waals surface area contributed by atoms with Crippen LogP contribution in [0.1, 0.15) is 6.42 Å². The van der Waals surface area contributed by atoms with E-state index in [0.29, 0.717) is 19.2 Å². The molecule has 0 bridgehead atoms. The molecular formula is C22H29IN4O3. The molecule has 30 heavy (non-hydrogen) atoms. The lowest BCUT2D eigenvalue weighted by atomic mass is 10.2. The number of aliphatic imine (C=N–C) groups is 1. The Kier molecular flexibility index (Phi) is 7.89. The highest BCUT2D eigenvalue weighted by Crippen LogP contribution is 2.31. The molecule has 8 heteroatoms. The average molecular weight is 524 g/mol. The Bertz CT molecular complexity index is 864. The van der Waals surface area contributed by atoms with E-state index in [1.165, 1.54) is 0 Å². The Morgan fingerprint density at radius 1 is 1.17 bits per heavy atom. The number of hydrogen-bond donors (Lipinski definition) is 2. The van der Waals surface area contributed by atoms with Crippen molar-refractivity contribution in [2.45, 2.75) is 18.6 Å². The normalized spacial score (nSPS) is 20.3. The largest absolute Gasteiger partial charge is 0.495 e. The molecule has 0 spiro atoms. The maximum absolute atomic E-state index is 6.00. The third kappa shape index (κ3) is 5.21. The smallest absolute Gasteiger partial charge is 0.191 e. The van der Waals surface area contributed by atoms with Crippen molar-refractivity contribution in [3.05, 3.63) is 48.5 Å². The van der Waals surface area contributed by atoms with Gasteiger partial charge in [-0.3, -0.25) is 4.99 Å². The van der Waals surface area contributed by atoms with E-state index in [0.717, 1.165) is 48.4 Å². The summed E-state index contributed by atoms with van der Waals surface area (Å²) < 4.78 is 17.3. The van der Waals surface area contributed by atoms with Gasteiger partial charge < -0.3 is 29.7 Å². The number of rotatable bonds is 5. The first-order valence-corrected chi connectivity index (χ1v) is 10.0. The van der Waals surface area contributed by atoms with Gasteiger partial charge in [-0.05, 0) is 30.7 Å². The number of methoxy groups -OCH3 is 1. The van der Waals surface area contributed by atoms with Gasteiger partial charge in [0.05, 0.1) is 19.3 Å². The number of nitrogens with zero attached hydrogens (tertiary/aromatic N) is 2. The Morgan fingerprint density at radius 3 is 2.73 bits per heavy atom. The number of benzene rings is 2. The summed E-state index contributed by atoms with van der Waals surface area (Å²) in [6.45, 7) is 3.02. The predicted octanol–water partition coefficient (Wildman–Crippen LogP) is 2.90. The van der Waals surface area contributed by atoms with E-state index in [1.54, 1.807) is 14.2 Å². The second-order valence-electron chi connectivity index (χ2n) is 7.20. The molecule has 0 amide bonds. The first-order chi connectivity index (χ1) is 14.3. The monoisotopic (exact) mass is 524 g/mol. The lowest BCUT2D eigenvalue weighted by Gasteiger charge is -2.27. The molecule has 0 saturated carbocycles. The van der Waals surface area contributed by atoms with E-state index in [2.05, 4.69) is 26.6 Å². The SMILES string of the molecule is CN=C(NCC1COc2ccccc2O1)NC1CCN(c2ccccc2OC)C1.I. The van der Waals surface area contributed by atoms with Gasteiger partial charge in [-0.2, -0.15) is 0 Å². The molecule has 1 saturated heterocycles. The molecule has 2 unspecified atom stereocenters. The minimum absolute atomic E-state index is 0. The maximum atomic E-state index is 6.00. The third-order valence-corrected chi connectivity index (χ3v) is 5.24. The highest BCUT2D eigenvalue weighted by atomic mass is 127. The zero-order valence-corrected chi connectivity index (χ0v) is 19.7. The van der Waals surface area contributed by atoms with Crippen LogP contribution in [0.5, 0.6) is 17.2 Å². The molecule has 2 aliphatic heterocycles. The van der Waals surface area contributed by atoms with Gasteiger partial charge >= 0.3 is 0 Å². The predicted molar refractivity (Wildman–Crippen MR) is 130 cm³/mol. The van der Waals surface area contributed by atoms with Gasteiger partial charge in [0, 0.05) is 26.2 Å². The summed E-state index contributed by atoms with van der Waals surface area (Å²) in [5.74, 6) is 3.27. The minimum atomic E-state index is -0.0582. The minimum Gasteiger partial charge on any atom is -0.495 e. The van der Waals surface area contributed by atoms with Crippen LogP contribution in [0.15, 0.2) is 53.5 Å². The molecule has 2 heterocycles. The molecule has 1 fully saturated rings. The van der Waals surface area contributed by atoms with E-state index < -0.39 is 0 Å². The highest BCUT2D eigenvalue weighted by Gasteiger charge is 2.26. The number of ether oxygens (including phenoxy) is 3. The fourth-order valence-corrected chi connectivity index (χ4v) is 3.75.